The molecule has 1 atom stereocenters. The fourth-order valence-electron chi connectivity index (χ4n) is 5.40. The van der Waals surface area contributed by atoms with Crippen LogP contribution in [0.4, 0.5) is 5.95 Å². The standard InChI is InChI=1S/C27H38N6O.ClH/c1-3-12-29-27-30-15-24-25(18-33(26(24)31-27)22-8-10-23(34)11-9-22)21-6-4-20(5-7-21)17-32-14-13-28-19(2)16-32;/h4-7,15,18-19,22-23,28,34H,3,8-14,16-17H2,1-2H3,(H,29,30,31);1H/t19-,22?,23?;/m1./s1. The lowest BCUT2D eigenvalue weighted by Gasteiger charge is -2.31. The monoisotopic (exact) mass is 498 g/mol. The van der Waals surface area contributed by atoms with Crippen molar-refractivity contribution in [2.24, 2.45) is 0 Å². The van der Waals surface area contributed by atoms with Gasteiger partial charge in [0.2, 0.25) is 5.95 Å². The van der Waals surface area contributed by atoms with Gasteiger partial charge < -0.3 is 20.3 Å². The first-order chi connectivity index (χ1) is 16.6. The van der Waals surface area contributed by atoms with Gasteiger partial charge in [-0.15, -0.1) is 12.4 Å². The minimum atomic E-state index is -0.167. The van der Waals surface area contributed by atoms with E-state index >= 15 is 0 Å². The van der Waals surface area contributed by atoms with Crippen molar-refractivity contribution in [1.29, 1.82) is 0 Å². The summed E-state index contributed by atoms with van der Waals surface area (Å²) in [4.78, 5) is 12.1. The van der Waals surface area contributed by atoms with Gasteiger partial charge in [-0.25, -0.2) is 4.98 Å². The normalized spacial score (nSPS) is 23.2. The van der Waals surface area contributed by atoms with Crippen LogP contribution in [0.1, 0.15) is 57.6 Å². The highest BCUT2D eigenvalue weighted by atomic mass is 35.5. The predicted octanol–water partition coefficient (Wildman–Crippen LogP) is 4.61. The molecule has 3 aromatic rings. The molecule has 0 amide bonds. The Labute approximate surface area is 214 Å². The molecule has 2 aliphatic rings. The second-order valence-electron chi connectivity index (χ2n) is 10.1. The van der Waals surface area contributed by atoms with Crippen molar-refractivity contribution in [3.05, 3.63) is 42.2 Å². The van der Waals surface area contributed by atoms with Crippen LogP contribution in [0.3, 0.4) is 0 Å². The van der Waals surface area contributed by atoms with E-state index < -0.39 is 0 Å². The van der Waals surface area contributed by atoms with Gasteiger partial charge in [-0.2, -0.15) is 4.98 Å². The second-order valence-corrected chi connectivity index (χ2v) is 10.1. The first-order valence-corrected chi connectivity index (χ1v) is 12.9. The molecule has 1 saturated heterocycles. The SMILES string of the molecule is CCCNc1ncc2c(-c3ccc(CN4CCN[C@H](C)C4)cc3)cn(C3CCC(O)CC3)c2n1.Cl. The number of fused-ring (bicyclic) bond motifs is 1. The summed E-state index contributed by atoms with van der Waals surface area (Å²) in [7, 11) is 0. The third kappa shape index (κ3) is 5.97. The number of hydrogen-bond donors (Lipinski definition) is 3. The number of anilines is 1. The van der Waals surface area contributed by atoms with E-state index in [9.17, 15) is 5.11 Å². The molecule has 0 radical (unpaired) electrons. The number of nitrogens with one attached hydrogen (secondary N) is 2. The van der Waals surface area contributed by atoms with Crippen molar-refractivity contribution in [3.63, 3.8) is 0 Å². The zero-order valence-corrected chi connectivity index (χ0v) is 21.7. The van der Waals surface area contributed by atoms with Gasteiger partial charge in [0.25, 0.3) is 0 Å². The van der Waals surface area contributed by atoms with Crippen LogP contribution in [0.25, 0.3) is 22.2 Å². The quantitative estimate of drug-likeness (QED) is 0.441. The van der Waals surface area contributed by atoms with Crippen molar-refractivity contribution in [2.45, 2.75) is 70.7 Å². The third-order valence-corrected chi connectivity index (χ3v) is 7.29. The highest BCUT2D eigenvalue weighted by molar-refractivity contribution is 5.94. The molecule has 1 aliphatic carbocycles. The van der Waals surface area contributed by atoms with Gasteiger partial charge in [-0.3, -0.25) is 4.90 Å². The molecule has 0 bridgehead atoms. The fourth-order valence-corrected chi connectivity index (χ4v) is 5.40. The van der Waals surface area contributed by atoms with Crippen molar-refractivity contribution in [3.8, 4) is 11.1 Å². The molecule has 190 valence electrons. The minimum Gasteiger partial charge on any atom is -0.393 e. The highest BCUT2D eigenvalue weighted by Crippen LogP contribution is 2.36. The van der Waals surface area contributed by atoms with Crippen molar-refractivity contribution in [2.75, 3.05) is 31.5 Å². The van der Waals surface area contributed by atoms with E-state index in [1.165, 1.54) is 16.7 Å². The molecule has 2 aromatic heterocycles. The maximum atomic E-state index is 10.0. The molecule has 1 saturated carbocycles. The number of aromatic nitrogens is 3. The summed E-state index contributed by atoms with van der Waals surface area (Å²) in [5.74, 6) is 0.691. The summed E-state index contributed by atoms with van der Waals surface area (Å²) in [5.41, 5.74) is 4.73. The Morgan fingerprint density at radius 1 is 1.14 bits per heavy atom. The molecule has 7 nitrogen and oxygen atoms in total. The lowest BCUT2D eigenvalue weighted by atomic mass is 9.93. The molecule has 3 N–H and O–H groups in total. The molecule has 5 rings (SSSR count). The first-order valence-electron chi connectivity index (χ1n) is 12.9. The number of nitrogens with zero attached hydrogens (tertiary/aromatic N) is 4. The minimum absolute atomic E-state index is 0. The maximum Gasteiger partial charge on any atom is 0.224 e. The largest absolute Gasteiger partial charge is 0.393 e. The summed E-state index contributed by atoms with van der Waals surface area (Å²) >= 11 is 0. The molecule has 8 heteroatoms. The second kappa shape index (κ2) is 11.7. The molecule has 0 spiro atoms. The number of piperazine rings is 1. The van der Waals surface area contributed by atoms with Crippen molar-refractivity contribution >= 4 is 29.4 Å². The molecule has 1 aliphatic heterocycles. The molecule has 35 heavy (non-hydrogen) atoms. The third-order valence-electron chi connectivity index (χ3n) is 7.29. The first kappa shape index (κ1) is 25.9. The van der Waals surface area contributed by atoms with E-state index in [2.05, 4.69) is 69.4 Å². The molecule has 1 aromatic carbocycles. The molecular formula is C27H39ClN6O. The highest BCUT2D eigenvalue weighted by Gasteiger charge is 2.24. The number of halogens is 1. The zero-order valence-electron chi connectivity index (χ0n) is 20.9. The van der Waals surface area contributed by atoms with Crippen LogP contribution in [0.15, 0.2) is 36.7 Å². The van der Waals surface area contributed by atoms with E-state index in [1.807, 2.05) is 6.20 Å². The number of benzene rings is 1. The van der Waals surface area contributed by atoms with Gasteiger partial charge in [-0.05, 0) is 50.2 Å². The Morgan fingerprint density at radius 3 is 2.63 bits per heavy atom. The number of aliphatic hydroxyl groups excluding tert-OH is 1. The van der Waals surface area contributed by atoms with Crippen molar-refractivity contribution < 1.29 is 5.11 Å². The van der Waals surface area contributed by atoms with Crippen LogP contribution in [0.5, 0.6) is 0 Å². The van der Waals surface area contributed by atoms with E-state index in [4.69, 9.17) is 4.98 Å². The van der Waals surface area contributed by atoms with E-state index in [0.29, 0.717) is 18.0 Å². The van der Waals surface area contributed by atoms with E-state index in [0.717, 1.165) is 75.9 Å². The lowest BCUT2D eigenvalue weighted by Crippen LogP contribution is -2.48. The smallest absolute Gasteiger partial charge is 0.224 e. The average molecular weight is 499 g/mol. The van der Waals surface area contributed by atoms with Crippen LogP contribution in [-0.2, 0) is 6.54 Å². The van der Waals surface area contributed by atoms with E-state index in [-0.39, 0.29) is 18.5 Å². The van der Waals surface area contributed by atoms with Crippen molar-refractivity contribution in [1.82, 2.24) is 24.8 Å². The molecule has 3 heterocycles. The maximum absolute atomic E-state index is 10.0. The molecule has 2 fully saturated rings. The molecular weight excluding hydrogens is 460 g/mol. The van der Waals surface area contributed by atoms with Crippen LogP contribution >= 0.6 is 12.4 Å². The van der Waals surface area contributed by atoms with E-state index in [1.54, 1.807) is 0 Å². The Hall–Kier alpha value is -2.19. The van der Waals surface area contributed by atoms with Gasteiger partial charge in [-0.1, -0.05) is 31.2 Å². The topological polar surface area (TPSA) is 78.2 Å². The van der Waals surface area contributed by atoms with Gasteiger partial charge in [0.1, 0.15) is 5.65 Å². The van der Waals surface area contributed by atoms with Gasteiger partial charge in [0, 0.05) is 68.2 Å². The molecule has 0 unspecified atom stereocenters. The zero-order chi connectivity index (χ0) is 23.5. The Kier molecular flexibility index (Phi) is 8.65. The summed E-state index contributed by atoms with van der Waals surface area (Å²) in [5, 5.41) is 18.0. The van der Waals surface area contributed by atoms with Crippen LogP contribution in [0, 0.1) is 0 Å². The Balaban J connectivity index is 0.00000289. The summed E-state index contributed by atoms with van der Waals surface area (Å²) in [6.07, 6.45) is 8.77. The Morgan fingerprint density at radius 2 is 1.91 bits per heavy atom. The van der Waals surface area contributed by atoms with Gasteiger partial charge >= 0.3 is 0 Å². The van der Waals surface area contributed by atoms with Gasteiger partial charge in [0.05, 0.1) is 6.10 Å². The summed E-state index contributed by atoms with van der Waals surface area (Å²) < 4.78 is 2.34. The Bertz CT molecular complexity index is 1090. The average Bonchev–Trinajstić information content (AvgIpc) is 3.22. The number of hydrogen-bond acceptors (Lipinski definition) is 6. The van der Waals surface area contributed by atoms with Gasteiger partial charge in [0.15, 0.2) is 0 Å². The number of rotatable bonds is 7. The summed E-state index contributed by atoms with van der Waals surface area (Å²) in [6, 6.07) is 9.93. The lowest BCUT2D eigenvalue weighted by molar-refractivity contribution is 0.111. The fraction of sp³-hybridized carbons (Fsp3) is 0.556. The predicted molar refractivity (Wildman–Crippen MR) is 145 cm³/mol. The number of aliphatic hydroxyl groups is 1. The summed E-state index contributed by atoms with van der Waals surface area (Å²) in [6.45, 7) is 9.51. The van der Waals surface area contributed by atoms with Crippen LogP contribution < -0.4 is 10.6 Å². The van der Waals surface area contributed by atoms with Crippen LogP contribution in [0.2, 0.25) is 0 Å². The van der Waals surface area contributed by atoms with Crippen LogP contribution in [-0.4, -0.2) is 62.9 Å².